The summed E-state index contributed by atoms with van der Waals surface area (Å²) < 4.78 is 12.0. The third-order valence-electron chi connectivity index (χ3n) is 7.87. The van der Waals surface area contributed by atoms with E-state index in [1.807, 2.05) is 84.9 Å². The summed E-state index contributed by atoms with van der Waals surface area (Å²) >= 11 is 0. The minimum absolute atomic E-state index is 0.109. The van der Waals surface area contributed by atoms with Crippen LogP contribution in [-0.2, 0) is 12.8 Å². The second-order valence-corrected chi connectivity index (χ2v) is 10.5. The molecular formula is C39H30O3. The van der Waals surface area contributed by atoms with Crippen LogP contribution in [0.25, 0.3) is 33.4 Å². The average molecular weight is 547 g/mol. The van der Waals surface area contributed by atoms with E-state index in [0.29, 0.717) is 6.42 Å². The molecule has 6 aromatic carbocycles. The molecule has 3 heteroatoms. The summed E-state index contributed by atoms with van der Waals surface area (Å²) in [4.78, 5) is 0. The van der Waals surface area contributed by atoms with Gasteiger partial charge in [-0.1, -0.05) is 91.0 Å². The maximum absolute atomic E-state index is 10.0. The molecule has 42 heavy (non-hydrogen) atoms. The van der Waals surface area contributed by atoms with Crippen molar-refractivity contribution in [3.63, 3.8) is 0 Å². The molecule has 204 valence electrons. The zero-order chi connectivity index (χ0) is 28.3. The Hall–Kier alpha value is -5.12. The lowest BCUT2D eigenvalue weighted by atomic mass is 9.90. The number of fused-ring (bicyclic) bond motifs is 3. The zero-order valence-corrected chi connectivity index (χ0v) is 23.2. The van der Waals surface area contributed by atoms with Crippen LogP contribution in [0.5, 0.6) is 23.0 Å². The van der Waals surface area contributed by atoms with Gasteiger partial charge in [0.15, 0.2) is 0 Å². The summed E-state index contributed by atoms with van der Waals surface area (Å²) in [5.74, 6) is 3.26. The van der Waals surface area contributed by atoms with Gasteiger partial charge in [0.05, 0.1) is 0 Å². The molecule has 0 aliphatic heterocycles. The SMILES string of the molecule is OCCc1c(-c2ccc(Oc3ccccc3)cc2)ccc2c1Cc1cc(-c3ccc(Oc4ccccc4)cc3)ccc1-2. The largest absolute Gasteiger partial charge is 0.457 e. The lowest BCUT2D eigenvalue weighted by Crippen LogP contribution is -2.00. The Labute approximate surface area is 246 Å². The maximum Gasteiger partial charge on any atom is 0.127 e. The van der Waals surface area contributed by atoms with Crippen molar-refractivity contribution in [2.75, 3.05) is 6.61 Å². The predicted molar refractivity (Wildman–Crippen MR) is 169 cm³/mol. The van der Waals surface area contributed by atoms with Gasteiger partial charge >= 0.3 is 0 Å². The number of ether oxygens (including phenoxy) is 2. The van der Waals surface area contributed by atoms with Crippen LogP contribution in [0.15, 0.2) is 140 Å². The second kappa shape index (κ2) is 11.4. The molecule has 0 amide bonds. The first-order chi connectivity index (χ1) is 20.7. The molecular weight excluding hydrogens is 516 g/mol. The lowest BCUT2D eigenvalue weighted by Gasteiger charge is -2.15. The van der Waals surface area contributed by atoms with E-state index in [1.165, 1.54) is 33.4 Å². The van der Waals surface area contributed by atoms with Crippen molar-refractivity contribution < 1.29 is 14.6 Å². The van der Waals surface area contributed by atoms with Crippen molar-refractivity contribution in [1.29, 1.82) is 0 Å². The highest BCUT2D eigenvalue weighted by atomic mass is 16.5. The fourth-order valence-electron chi connectivity index (χ4n) is 5.85. The highest BCUT2D eigenvalue weighted by molar-refractivity contribution is 5.85. The molecule has 0 saturated heterocycles. The first-order valence-electron chi connectivity index (χ1n) is 14.3. The summed E-state index contributed by atoms with van der Waals surface area (Å²) in [5.41, 5.74) is 11.0. The van der Waals surface area contributed by atoms with E-state index in [2.05, 4.69) is 54.6 Å². The number of benzene rings is 6. The summed E-state index contributed by atoms with van der Waals surface area (Å²) in [6, 6.07) is 47.3. The fourth-order valence-corrected chi connectivity index (χ4v) is 5.85. The summed E-state index contributed by atoms with van der Waals surface area (Å²) in [7, 11) is 0. The van der Waals surface area contributed by atoms with Gasteiger partial charge in [-0.3, -0.25) is 0 Å². The number of rotatable bonds is 8. The highest BCUT2D eigenvalue weighted by Gasteiger charge is 2.24. The van der Waals surface area contributed by atoms with Crippen molar-refractivity contribution in [3.8, 4) is 56.4 Å². The smallest absolute Gasteiger partial charge is 0.127 e. The van der Waals surface area contributed by atoms with Gasteiger partial charge in [-0.15, -0.1) is 0 Å². The first-order valence-corrected chi connectivity index (χ1v) is 14.3. The van der Waals surface area contributed by atoms with E-state index >= 15 is 0 Å². The molecule has 1 aliphatic carbocycles. The Kier molecular flexibility index (Phi) is 7.01. The average Bonchev–Trinajstić information content (AvgIpc) is 3.42. The van der Waals surface area contributed by atoms with Crippen molar-refractivity contribution >= 4 is 0 Å². The quantitative estimate of drug-likeness (QED) is 0.206. The van der Waals surface area contributed by atoms with Gasteiger partial charge in [-0.25, -0.2) is 0 Å². The number of aliphatic hydroxyl groups excluding tert-OH is 1. The van der Waals surface area contributed by atoms with Crippen LogP contribution in [-0.4, -0.2) is 11.7 Å². The normalized spacial score (nSPS) is 11.5. The minimum Gasteiger partial charge on any atom is -0.457 e. The first kappa shape index (κ1) is 25.8. The molecule has 0 bridgehead atoms. The summed E-state index contributed by atoms with van der Waals surface area (Å²) in [6.45, 7) is 0.109. The lowest BCUT2D eigenvalue weighted by molar-refractivity contribution is 0.299. The van der Waals surface area contributed by atoms with Gasteiger partial charge in [0.1, 0.15) is 23.0 Å². The van der Waals surface area contributed by atoms with Crippen molar-refractivity contribution in [1.82, 2.24) is 0 Å². The Bertz CT molecular complexity index is 1820. The van der Waals surface area contributed by atoms with Crippen molar-refractivity contribution in [2.24, 2.45) is 0 Å². The molecule has 0 spiro atoms. The monoisotopic (exact) mass is 546 g/mol. The van der Waals surface area contributed by atoms with Gasteiger partial charge in [0, 0.05) is 6.61 Å². The zero-order valence-electron chi connectivity index (χ0n) is 23.2. The van der Waals surface area contributed by atoms with E-state index in [0.717, 1.165) is 46.1 Å². The Balaban J connectivity index is 1.14. The van der Waals surface area contributed by atoms with Crippen molar-refractivity contribution in [3.05, 3.63) is 156 Å². The fraction of sp³-hybridized carbons (Fsp3) is 0.0769. The molecule has 0 saturated carbocycles. The predicted octanol–water partition coefficient (Wildman–Crippen LogP) is 9.71. The van der Waals surface area contributed by atoms with Crippen LogP contribution in [0.2, 0.25) is 0 Å². The van der Waals surface area contributed by atoms with E-state index in [-0.39, 0.29) is 6.61 Å². The molecule has 3 nitrogen and oxygen atoms in total. The minimum atomic E-state index is 0.109. The number of para-hydroxylation sites is 2. The third kappa shape index (κ3) is 5.18. The number of aliphatic hydroxyl groups is 1. The molecule has 0 heterocycles. The molecule has 0 atom stereocenters. The summed E-state index contributed by atoms with van der Waals surface area (Å²) in [6.07, 6.45) is 1.47. The van der Waals surface area contributed by atoms with Crippen LogP contribution >= 0.6 is 0 Å². The number of hydrogen-bond donors (Lipinski definition) is 1. The third-order valence-corrected chi connectivity index (χ3v) is 7.87. The van der Waals surface area contributed by atoms with E-state index in [4.69, 9.17) is 9.47 Å². The molecule has 0 radical (unpaired) electrons. The van der Waals surface area contributed by atoms with Crippen LogP contribution in [0, 0.1) is 0 Å². The van der Waals surface area contributed by atoms with E-state index in [1.54, 1.807) is 0 Å². The molecule has 7 rings (SSSR count). The van der Waals surface area contributed by atoms with Crippen molar-refractivity contribution in [2.45, 2.75) is 12.8 Å². The molecule has 0 unspecified atom stereocenters. The second-order valence-electron chi connectivity index (χ2n) is 10.5. The Morgan fingerprint density at radius 2 is 0.976 bits per heavy atom. The van der Waals surface area contributed by atoms with Crippen LogP contribution in [0.3, 0.4) is 0 Å². The standard InChI is InChI=1S/C39H30O3/c40-24-23-38-35(28-13-18-34(19-14-28)42-32-9-5-2-6-10-32)21-22-37-36-20-15-29(25-30(36)26-39(37)38)27-11-16-33(17-12-27)41-31-7-3-1-4-8-31/h1-22,25,40H,23-24,26H2. The number of hydrogen-bond acceptors (Lipinski definition) is 3. The molecule has 1 aliphatic rings. The van der Waals surface area contributed by atoms with E-state index in [9.17, 15) is 5.11 Å². The molecule has 0 aromatic heterocycles. The van der Waals surface area contributed by atoms with Crippen LogP contribution in [0.4, 0.5) is 0 Å². The van der Waals surface area contributed by atoms with Gasteiger partial charge in [-0.05, 0) is 111 Å². The molecule has 1 N–H and O–H groups in total. The molecule has 0 fully saturated rings. The summed E-state index contributed by atoms with van der Waals surface area (Å²) in [5, 5.41) is 10.0. The van der Waals surface area contributed by atoms with Gasteiger partial charge in [0.25, 0.3) is 0 Å². The van der Waals surface area contributed by atoms with Crippen LogP contribution < -0.4 is 9.47 Å². The topological polar surface area (TPSA) is 38.7 Å². The highest BCUT2D eigenvalue weighted by Crippen LogP contribution is 2.43. The van der Waals surface area contributed by atoms with Gasteiger partial charge < -0.3 is 14.6 Å². The van der Waals surface area contributed by atoms with Crippen LogP contribution in [0.1, 0.15) is 16.7 Å². The Morgan fingerprint density at radius 3 is 1.57 bits per heavy atom. The van der Waals surface area contributed by atoms with E-state index < -0.39 is 0 Å². The van der Waals surface area contributed by atoms with Gasteiger partial charge in [-0.2, -0.15) is 0 Å². The van der Waals surface area contributed by atoms with Gasteiger partial charge in [0.2, 0.25) is 0 Å². The Morgan fingerprint density at radius 1 is 0.476 bits per heavy atom. The molecule has 6 aromatic rings. The maximum atomic E-state index is 10.0.